The highest BCUT2D eigenvalue weighted by molar-refractivity contribution is 7.22. The van der Waals surface area contributed by atoms with Crippen LogP contribution in [0.15, 0.2) is 54.6 Å². The van der Waals surface area contributed by atoms with Crippen LogP contribution in [0, 0.1) is 29.6 Å². The second kappa shape index (κ2) is 6.38. The lowest BCUT2D eigenvalue weighted by Gasteiger charge is -2.09. The lowest BCUT2D eigenvalue weighted by Crippen LogP contribution is -2.36. The third-order valence-electron chi connectivity index (χ3n) is 5.39. The molecule has 0 fully saturated rings. The fourth-order valence-electron chi connectivity index (χ4n) is 4.07. The van der Waals surface area contributed by atoms with Gasteiger partial charge in [-0.3, -0.25) is 0 Å². The lowest BCUT2D eigenvalue weighted by molar-refractivity contribution is -0.719. The van der Waals surface area contributed by atoms with Gasteiger partial charge in [0.2, 0.25) is 5.69 Å². The lowest BCUT2D eigenvalue weighted by atomic mass is 9.95. The average Bonchev–Trinajstić information content (AvgIpc) is 3.07. The number of benzene rings is 3. The van der Waals surface area contributed by atoms with Crippen LogP contribution in [0.5, 0.6) is 0 Å². The normalized spacial score (nSPS) is 11.0. The highest BCUT2D eigenvalue weighted by atomic mass is 32.1. The quantitative estimate of drug-likeness (QED) is 0.293. The molecule has 5 rings (SSSR count). The number of thiophene rings is 1. The largest absolute Gasteiger partial charge is 0.257 e. The zero-order chi connectivity index (χ0) is 20.1. The Bertz CT molecular complexity index is 1550. The number of fused-ring (bicyclic) bond motifs is 3. The molecule has 0 unspecified atom stereocenters. The van der Waals surface area contributed by atoms with E-state index >= 15 is 0 Å². The van der Waals surface area contributed by atoms with E-state index in [1.165, 1.54) is 15.6 Å². The summed E-state index contributed by atoms with van der Waals surface area (Å²) in [6, 6.07) is 22.7. The molecule has 0 saturated carbocycles. The van der Waals surface area contributed by atoms with E-state index in [1.807, 2.05) is 43.4 Å². The first-order valence-corrected chi connectivity index (χ1v) is 10.00. The fourth-order valence-corrected chi connectivity index (χ4v) is 5.37. The highest BCUT2D eigenvalue weighted by Crippen LogP contribution is 2.41. The zero-order valence-electron chi connectivity index (χ0n) is 15.9. The van der Waals surface area contributed by atoms with Crippen molar-refractivity contribution in [3.8, 4) is 22.7 Å². The van der Waals surface area contributed by atoms with Crippen LogP contribution in [-0.4, -0.2) is 5.10 Å². The van der Waals surface area contributed by atoms with Crippen LogP contribution in [0.2, 0.25) is 0 Å². The minimum absolute atomic E-state index is 0.271. The summed E-state index contributed by atoms with van der Waals surface area (Å²) in [5, 5.41) is 28.8. The van der Waals surface area contributed by atoms with Crippen LogP contribution >= 0.6 is 11.3 Å². The maximum absolute atomic E-state index is 9.96. The summed E-state index contributed by atoms with van der Waals surface area (Å²) in [4.78, 5) is 1.11. The molecule has 0 amide bonds. The topological polar surface area (TPSA) is 64.3 Å². The Morgan fingerprint density at radius 3 is 2.38 bits per heavy atom. The molecule has 0 aliphatic rings. The number of aryl methyl sites for hydroxylation is 2. The van der Waals surface area contributed by atoms with E-state index in [0.717, 1.165) is 26.7 Å². The summed E-state index contributed by atoms with van der Waals surface area (Å²) in [7, 11) is 1.86. The van der Waals surface area contributed by atoms with Crippen molar-refractivity contribution in [3.63, 3.8) is 0 Å². The van der Waals surface area contributed by atoms with Crippen molar-refractivity contribution >= 4 is 43.0 Å². The summed E-state index contributed by atoms with van der Waals surface area (Å²) < 4.78 is 2.98. The van der Waals surface area contributed by atoms with Crippen molar-refractivity contribution < 1.29 is 4.68 Å². The molecule has 5 heteroatoms. The maximum Gasteiger partial charge on any atom is 0.257 e. The smallest absolute Gasteiger partial charge is 0.192 e. The van der Waals surface area contributed by atoms with Gasteiger partial charge in [0.25, 0.3) is 5.69 Å². The number of nitriles is 2. The van der Waals surface area contributed by atoms with Crippen molar-refractivity contribution in [1.29, 1.82) is 10.5 Å². The van der Waals surface area contributed by atoms with Crippen molar-refractivity contribution in [2.75, 3.05) is 0 Å². The van der Waals surface area contributed by atoms with Crippen LogP contribution in [0.1, 0.15) is 16.8 Å². The van der Waals surface area contributed by atoms with E-state index in [9.17, 15) is 10.5 Å². The molecular formula is C24H15N4S+. The molecule has 5 aromatic rings. The summed E-state index contributed by atoms with van der Waals surface area (Å²) in [5.74, 6) is 0. The predicted molar refractivity (Wildman–Crippen MR) is 115 cm³/mol. The SMILES string of the molecule is Cc1c(-c2c3cc4ccccc4c(C#N)c3c(C#N)n[n+]2C)sc2ccccc12. The van der Waals surface area contributed by atoms with E-state index in [-0.39, 0.29) is 5.69 Å². The van der Waals surface area contributed by atoms with Gasteiger partial charge >= 0.3 is 0 Å². The van der Waals surface area contributed by atoms with Crippen LogP contribution in [-0.2, 0) is 7.05 Å². The molecule has 0 aliphatic heterocycles. The molecule has 2 heterocycles. The Balaban J connectivity index is 2.03. The number of rotatable bonds is 1. The Morgan fingerprint density at radius 2 is 1.66 bits per heavy atom. The average molecular weight is 391 g/mol. The van der Waals surface area contributed by atoms with Gasteiger partial charge in [0, 0.05) is 20.6 Å². The monoisotopic (exact) mass is 391 g/mol. The molecule has 3 aromatic carbocycles. The molecule has 4 nitrogen and oxygen atoms in total. The molecule has 0 radical (unpaired) electrons. The molecule has 0 aliphatic carbocycles. The highest BCUT2D eigenvalue weighted by Gasteiger charge is 2.27. The number of hydrogen-bond donors (Lipinski definition) is 0. The van der Waals surface area contributed by atoms with E-state index in [1.54, 1.807) is 16.0 Å². The second-order valence-electron chi connectivity index (χ2n) is 6.99. The van der Waals surface area contributed by atoms with E-state index in [4.69, 9.17) is 0 Å². The number of hydrogen-bond acceptors (Lipinski definition) is 4. The molecule has 2 aromatic heterocycles. The van der Waals surface area contributed by atoms with E-state index < -0.39 is 0 Å². The van der Waals surface area contributed by atoms with Gasteiger partial charge in [-0.2, -0.15) is 10.5 Å². The summed E-state index contributed by atoms with van der Waals surface area (Å²) in [6.45, 7) is 2.12. The van der Waals surface area contributed by atoms with E-state index in [2.05, 4.69) is 42.4 Å². The van der Waals surface area contributed by atoms with Gasteiger partial charge in [-0.1, -0.05) is 47.1 Å². The van der Waals surface area contributed by atoms with Gasteiger partial charge in [-0.05, 0) is 35.4 Å². The number of nitrogens with zero attached hydrogens (tertiary/aromatic N) is 4. The van der Waals surface area contributed by atoms with Crippen LogP contribution in [0.3, 0.4) is 0 Å². The van der Waals surface area contributed by atoms with Crippen molar-refractivity contribution in [3.05, 3.63) is 71.4 Å². The van der Waals surface area contributed by atoms with Gasteiger partial charge in [-0.25, -0.2) is 0 Å². The molecule has 29 heavy (non-hydrogen) atoms. The Kier molecular flexibility index (Phi) is 3.81. The molecule has 0 N–H and O–H groups in total. The zero-order valence-corrected chi connectivity index (χ0v) is 16.7. The van der Waals surface area contributed by atoms with Gasteiger partial charge in [-0.15, -0.1) is 11.3 Å². The summed E-state index contributed by atoms with van der Waals surface area (Å²) >= 11 is 1.71. The maximum atomic E-state index is 9.96. The standard InChI is InChI=1S/C24H15N4S/c1-14-16-8-5-6-10-21(16)29-24(14)23-18-11-15-7-3-4-9-17(15)19(12-25)22(18)20(13-26)27-28(23)2/h3-11H,1-2H3/q+1. The Morgan fingerprint density at radius 1 is 0.931 bits per heavy atom. The van der Waals surface area contributed by atoms with Crippen molar-refractivity contribution in [1.82, 2.24) is 5.10 Å². The molecule has 0 atom stereocenters. The van der Waals surface area contributed by atoms with Gasteiger partial charge in [0.15, 0.2) is 7.05 Å². The number of aromatic nitrogens is 2. The van der Waals surface area contributed by atoms with Gasteiger partial charge in [0.1, 0.15) is 17.0 Å². The first-order valence-electron chi connectivity index (χ1n) is 9.18. The minimum atomic E-state index is 0.271. The molecule has 0 spiro atoms. The Hall–Kier alpha value is -3.80. The van der Waals surface area contributed by atoms with Crippen molar-refractivity contribution in [2.45, 2.75) is 6.92 Å². The first-order chi connectivity index (χ1) is 14.1. The molecule has 0 saturated heterocycles. The first kappa shape index (κ1) is 17.3. The summed E-state index contributed by atoms with van der Waals surface area (Å²) in [6.07, 6.45) is 0. The second-order valence-corrected chi connectivity index (χ2v) is 8.04. The molecule has 0 bridgehead atoms. The Labute approximate surface area is 171 Å². The third-order valence-corrected chi connectivity index (χ3v) is 6.67. The fraction of sp³-hybridized carbons (Fsp3) is 0.0833. The van der Waals surface area contributed by atoms with Gasteiger partial charge < -0.3 is 0 Å². The molecular weight excluding hydrogens is 376 g/mol. The third kappa shape index (κ3) is 2.42. The van der Waals surface area contributed by atoms with E-state index in [0.29, 0.717) is 10.9 Å². The predicted octanol–water partition coefficient (Wildman–Crippen LogP) is 5.15. The summed E-state index contributed by atoms with van der Waals surface area (Å²) in [5.41, 5.74) is 2.88. The van der Waals surface area contributed by atoms with Crippen molar-refractivity contribution in [2.24, 2.45) is 7.05 Å². The molecule has 136 valence electrons. The minimum Gasteiger partial charge on any atom is -0.192 e. The van der Waals surface area contributed by atoms with Crippen LogP contribution in [0.25, 0.3) is 42.2 Å². The van der Waals surface area contributed by atoms with Crippen LogP contribution in [0.4, 0.5) is 0 Å². The van der Waals surface area contributed by atoms with Crippen LogP contribution < -0.4 is 4.68 Å². The van der Waals surface area contributed by atoms with Gasteiger partial charge in [0.05, 0.1) is 10.9 Å².